The molecule has 3 rings (SSSR count). The Balaban J connectivity index is 1.97. The van der Waals surface area contributed by atoms with Crippen LogP contribution >= 0.6 is 0 Å². The first-order chi connectivity index (χ1) is 24.7. The summed E-state index contributed by atoms with van der Waals surface area (Å²) in [4.78, 5) is 12.5. The first-order valence-corrected chi connectivity index (χ1v) is 22.0. The summed E-state index contributed by atoms with van der Waals surface area (Å²) in [5.41, 5.74) is 3.43. The Hall–Kier alpha value is -2.81. The smallest absolute Gasteiger partial charge is 0.305 e. The molecule has 3 aromatic rings. The first-order valence-electron chi connectivity index (χ1n) is 19.4. The lowest BCUT2D eigenvalue weighted by atomic mass is 9.78. The molecular formula is C44H66O6Si. The van der Waals surface area contributed by atoms with Gasteiger partial charge in [0.2, 0.25) is 0 Å². The van der Waals surface area contributed by atoms with E-state index in [0.717, 1.165) is 34.8 Å². The lowest BCUT2D eigenvalue weighted by Gasteiger charge is -2.44. The summed E-state index contributed by atoms with van der Waals surface area (Å²) < 4.78 is 33.0. The highest BCUT2D eigenvalue weighted by atomic mass is 28.4. The van der Waals surface area contributed by atoms with Gasteiger partial charge in [-0.25, -0.2) is 0 Å². The Bertz CT molecular complexity index is 1330. The van der Waals surface area contributed by atoms with Gasteiger partial charge in [-0.05, 0) is 54.1 Å². The van der Waals surface area contributed by atoms with E-state index < -0.39 is 8.32 Å². The molecular weight excluding hydrogens is 653 g/mol. The van der Waals surface area contributed by atoms with Gasteiger partial charge in [-0.2, -0.15) is 0 Å². The summed E-state index contributed by atoms with van der Waals surface area (Å²) in [6, 6.07) is 34.3. The van der Waals surface area contributed by atoms with E-state index in [4.69, 9.17) is 23.4 Å². The maximum absolute atomic E-state index is 12.5. The SMILES string of the molecule is CCOC(=O)CC[C@H](C)[C@H](O[Si](CC)(CC)CC)[C@@H](C)[C@@H](OCc1ccccc1)[C@@H](C)[C@@H](OCc1ccccc1)[C@@H](C)COCc1ccccc1. The van der Waals surface area contributed by atoms with Crippen molar-refractivity contribution in [2.24, 2.45) is 23.7 Å². The topological polar surface area (TPSA) is 63.2 Å². The molecule has 0 aliphatic rings. The molecule has 0 bridgehead atoms. The van der Waals surface area contributed by atoms with E-state index in [1.165, 1.54) is 0 Å². The van der Waals surface area contributed by atoms with Crippen LogP contribution in [0, 0.1) is 23.7 Å². The maximum atomic E-state index is 12.5. The molecule has 0 N–H and O–H groups in total. The van der Waals surface area contributed by atoms with Crippen LogP contribution in [0.15, 0.2) is 91.0 Å². The number of ether oxygens (including phenoxy) is 4. The van der Waals surface area contributed by atoms with Crippen LogP contribution in [0.4, 0.5) is 0 Å². The van der Waals surface area contributed by atoms with E-state index >= 15 is 0 Å². The monoisotopic (exact) mass is 718 g/mol. The van der Waals surface area contributed by atoms with Crippen LogP contribution in [0.1, 0.15) is 84.9 Å². The van der Waals surface area contributed by atoms with Gasteiger partial charge in [-0.15, -0.1) is 0 Å². The van der Waals surface area contributed by atoms with E-state index in [1.54, 1.807) is 0 Å². The molecule has 0 unspecified atom stereocenters. The van der Waals surface area contributed by atoms with Crippen molar-refractivity contribution in [3.05, 3.63) is 108 Å². The summed E-state index contributed by atoms with van der Waals surface area (Å²) >= 11 is 0. The molecule has 0 saturated carbocycles. The van der Waals surface area contributed by atoms with Crippen molar-refractivity contribution < 1.29 is 28.2 Å². The average molecular weight is 719 g/mol. The van der Waals surface area contributed by atoms with Crippen LogP contribution in [-0.4, -0.2) is 45.8 Å². The molecule has 0 amide bonds. The van der Waals surface area contributed by atoms with Gasteiger partial charge in [0.15, 0.2) is 8.32 Å². The molecule has 0 saturated heterocycles. The first kappa shape index (κ1) is 42.6. The molecule has 3 aromatic carbocycles. The quantitative estimate of drug-likeness (QED) is 0.0642. The lowest BCUT2D eigenvalue weighted by Crippen LogP contribution is -2.50. The van der Waals surface area contributed by atoms with Crippen LogP contribution in [0.3, 0.4) is 0 Å². The normalized spacial score (nSPS) is 16.1. The van der Waals surface area contributed by atoms with Crippen molar-refractivity contribution in [1.82, 2.24) is 0 Å². The summed E-state index contributed by atoms with van der Waals surface area (Å²) in [5, 5.41) is 0. The summed E-state index contributed by atoms with van der Waals surface area (Å²) in [6.45, 7) is 20.2. The highest BCUT2D eigenvalue weighted by Crippen LogP contribution is 2.37. The average Bonchev–Trinajstić information content (AvgIpc) is 3.16. The van der Waals surface area contributed by atoms with Gasteiger partial charge in [0.25, 0.3) is 0 Å². The van der Waals surface area contributed by atoms with E-state index in [9.17, 15) is 4.79 Å². The standard InChI is InChI=1S/C44H66O6Si/c1-9-47-41(45)29-28-34(5)43(50-51(10-2,11-3)12-4)37(8)44(49-33-40-26-20-15-21-27-40)36(7)42(48-32-39-24-18-14-19-25-39)35(6)30-46-31-38-22-16-13-17-23-38/h13-27,34-37,42-44H,9-12,28-33H2,1-8H3/t34-,35-,36-,37+,42-,43-,44-/m0/s1. The third-order valence-corrected chi connectivity index (χ3v) is 15.3. The fourth-order valence-corrected chi connectivity index (χ4v) is 10.4. The molecule has 0 aliphatic carbocycles. The van der Waals surface area contributed by atoms with Crippen LogP contribution < -0.4 is 0 Å². The second kappa shape index (κ2) is 23.0. The highest BCUT2D eigenvalue weighted by molar-refractivity contribution is 6.73. The molecule has 0 spiro atoms. The second-order valence-corrected chi connectivity index (χ2v) is 19.1. The van der Waals surface area contributed by atoms with Crippen LogP contribution in [-0.2, 0) is 48.0 Å². The predicted molar refractivity (Wildman–Crippen MR) is 211 cm³/mol. The summed E-state index contributed by atoms with van der Waals surface area (Å²) in [5.74, 6) is 0.110. The molecule has 0 aliphatic heterocycles. The fourth-order valence-electron chi connectivity index (χ4n) is 7.33. The molecule has 0 aromatic heterocycles. The van der Waals surface area contributed by atoms with Gasteiger partial charge < -0.3 is 23.4 Å². The van der Waals surface area contributed by atoms with E-state index in [0.29, 0.717) is 45.9 Å². The van der Waals surface area contributed by atoms with Gasteiger partial charge in [0.1, 0.15) is 0 Å². The number of benzene rings is 3. The zero-order valence-corrected chi connectivity index (χ0v) is 33.7. The Kier molecular flexibility index (Phi) is 19.2. The summed E-state index contributed by atoms with van der Waals surface area (Å²) in [7, 11) is -2.03. The Morgan fingerprint density at radius 2 is 1.04 bits per heavy atom. The molecule has 7 heteroatoms. The van der Waals surface area contributed by atoms with E-state index in [2.05, 4.69) is 109 Å². The third kappa shape index (κ3) is 13.9. The Labute approximate surface area is 310 Å². The number of rotatable bonds is 25. The third-order valence-electron chi connectivity index (χ3n) is 10.7. The largest absolute Gasteiger partial charge is 0.466 e. The van der Waals surface area contributed by atoms with Crippen LogP contribution in [0.25, 0.3) is 0 Å². The molecule has 6 nitrogen and oxygen atoms in total. The van der Waals surface area contributed by atoms with Crippen LogP contribution in [0.2, 0.25) is 18.1 Å². The zero-order chi connectivity index (χ0) is 37.1. The van der Waals surface area contributed by atoms with Crippen molar-refractivity contribution in [2.45, 2.75) is 124 Å². The van der Waals surface area contributed by atoms with Gasteiger partial charge in [0, 0.05) is 24.2 Å². The van der Waals surface area contributed by atoms with Gasteiger partial charge in [-0.3, -0.25) is 4.79 Å². The van der Waals surface area contributed by atoms with E-state index in [-0.39, 0.29) is 48.0 Å². The van der Waals surface area contributed by atoms with Gasteiger partial charge >= 0.3 is 5.97 Å². The Morgan fingerprint density at radius 3 is 1.51 bits per heavy atom. The van der Waals surface area contributed by atoms with Crippen molar-refractivity contribution in [3.63, 3.8) is 0 Å². The molecule has 51 heavy (non-hydrogen) atoms. The second-order valence-electron chi connectivity index (χ2n) is 14.4. The molecule has 0 radical (unpaired) electrons. The molecule has 7 atom stereocenters. The number of hydrogen-bond donors (Lipinski definition) is 0. The molecule has 0 heterocycles. The summed E-state index contributed by atoms with van der Waals surface area (Å²) in [6.07, 6.45) is 0.658. The lowest BCUT2D eigenvalue weighted by molar-refractivity contribution is -0.144. The van der Waals surface area contributed by atoms with Crippen LogP contribution in [0.5, 0.6) is 0 Å². The number of carbonyl (C=O) groups is 1. The van der Waals surface area contributed by atoms with Gasteiger partial charge in [0.05, 0.1) is 51.3 Å². The van der Waals surface area contributed by atoms with Crippen molar-refractivity contribution >= 4 is 14.3 Å². The minimum atomic E-state index is -2.03. The number of carbonyl (C=O) groups excluding carboxylic acids is 1. The fraction of sp³-hybridized carbons (Fsp3) is 0.568. The minimum absolute atomic E-state index is 0.00653. The number of hydrogen-bond acceptors (Lipinski definition) is 6. The van der Waals surface area contributed by atoms with Crippen molar-refractivity contribution in [2.75, 3.05) is 13.2 Å². The number of esters is 1. The van der Waals surface area contributed by atoms with Crippen molar-refractivity contribution in [1.29, 1.82) is 0 Å². The van der Waals surface area contributed by atoms with Crippen molar-refractivity contribution in [3.8, 4) is 0 Å². The zero-order valence-electron chi connectivity index (χ0n) is 32.7. The molecule has 0 fully saturated rings. The highest BCUT2D eigenvalue weighted by Gasteiger charge is 2.42. The maximum Gasteiger partial charge on any atom is 0.305 e. The Morgan fingerprint density at radius 1 is 0.588 bits per heavy atom. The minimum Gasteiger partial charge on any atom is -0.466 e. The van der Waals surface area contributed by atoms with Gasteiger partial charge in [-0.1, -0.05) is 139 Å². The van der Waals surface area contributed by atoms with E-state index in [1.807, 2.05) is 37.3 Å². The molecule has 282 valence electrons. The predicted octanol–water partition coefficient (Wildman–Crippen LogP) is 10.7.